The molecule has 7 nitrogen and oxygen atoms in total. The molecule has 1 aromatic carbocycles. The van der Waals surface area contributed by atoms with Crippen molar-refractivity contribution < 1.29 is 22.8 Å². The molecule has 160 valence electrons. The van der Waals surface area contributed by atoms with Crippen LogP contribution in [0, 0.1) is 5.92 Å². The fourth-order valence-corrected chi connectivity index (χ4v) is 4.01. The first-order valence-corrected chi connectivity index (χ1v) is 9.88. The third-order valence-electron chi connectivity index (χ3n) is 5.71. The molecule has 2 aromatic heterocycles. The normalized spacial score (nSPS) is 23.4. The van der Waals surface area contributed by atoms with Crippen LogP contribution in [0.15, 0.2) is 42.6 Å². The summed E-state index contributed by atoms with van der Waals surface area (Å²) in [6.45, 7) is 0.194. The van der Waals surface area contributed by atoms with E-state index in [0.717, 1.165) is 29.1 Å². The molecule has 0 spiro atoms. The Balaban J connectivity index is 1.20. The van der Waals surface area contributed by atoms with E-state index in [4.69, 9.17) is 0 Å². The molecule has 1 saturated heterocycles. The SMILES string of the molecule is O=C(NC1CC(=O)N(c2ccc(C(F)(F)F)nc2)C1)C1C[C@@H]1c1nc2ccccc2[nH]1. The van der Waals surface area contributed by atoms with Gasteiger partial charge in [0.25, 0.3) is 0 Å². The molecule has 0 bridgehead atoms. The number of pyridine rings is 1. The standard InChI is InChI=1S/C21H18F3N5O2/c22-21(23,24)17-6-5-12(9-25-17)29-10-11(7-18(29)30)26-20(31)14-8-13(14)19-27-15-3-1-2-4-16(15)28-19/h1-6,9,11,13-14H,7-8,10H2,(H,26,31)(H,27,28)/t11?,13-,14?/m0/s1. The third-order valence-corrected chi connectivity index (χ3v) is 5.71. The number of para-hydroxylation sites is 2. The highest BCUT2D eigenvalue weighted by molar-refractivity contribution is 5.97. The zero-order valence-corrected chi connectivity index (χ0v) is 16.2. The van der Waals surface area contributed by atoms with E-state index in [1.807, 2.05) is 24.3 Å². The van der Waals surface area contributed by atoms with Crippen LogP contribution < -0.4 is 10.2 Å². The highest BCUT2D eigenvalue weighted by Crippen LogP contribution is 2.47. The second kappa shape index (κ2) is 7.07. The predicted octanol–water partition coefficient (Wildman–Crippen LogP) is 3.00. The number of benzene rings is 1. The Labute approximate surface area is 174 Å². The van der Waals surface area contributed by atoms with Gasteiger partial charge in [-0.1, -0.05) is 12.1 Å². The predicted molar refractivity (Wildman–Crippen MR) is 105 cm³/mol. The van der Waals surface area contributed by atoms with Crippen LogP contribution in [0.25, 0.3) is 11.0 Å². The zero-order chi connectivity index (χ0) is 21.8. The van der Waals surface area contributed by atoms with E-state index >= 15 is 0 Å². The van der Waals surface area contributed by atoms with Crippen molar-refractivity contribution in [2.45, 2.75) is 31.0 Å². The molecule has 1 saturated carbocycles. The van der Waals surface area contributed by atoms with E-state index in [1.165, 1.54) is 11.0 Å². The number of hydrogen-bond donors (Lipinski definition) is 2. The number of alkyl halides is 3. The highest BCUT2D eigenvalue weighted by atomic mass is 19.4. The van der Waals surface area contributed by atoms with Crippen molar-refractivity contribution in [3.8, 4) is 0 Å². The van der Waals surface area contributed by atoms with Crippen LogP contribution in [-0.2, 0) is 15.8 Å². The first kappa shape index (κ1) is 19.5. The smallest absolute Gasteiger partial charge is 0.351 e. The number of amides is 2. The molecule has 2 fully saturated rings. The Hall–Kier alpha value is -3.43. The van der Waals surface area contributed by atoms with Gasteiger partial charge in [0.1, 0.15) is 11.5 Å². The van der Waals surface area contributed by atoms with E-state index in [1.54, 1.807) is 0 Å². The van der Waals surface area contributed by atoms with Crippen molar-refractivity contribution in [2.24, 2.45) is 5.92 Å². The average molecular weight is 429 g/mol. The van der Waals surface area contributed by atoms with Gasteiger partial charge >= 0.3 is 6.18 Å². The molecule has 10 heteroatoms. The van der Waals surface area contributed by atoms with Crippen LogP contribution >= 0.6 is 0 Å². The largest absolute Gasteiger partial charge is 0.433 e. The van der Waals surface area contributed by atoms with Crippen LogP contribution in [0.3, 0.4) is 0 Å². The number of carbonyl (C=O) groups excluding carboxylic acids is 2. The van der Waals surface area contributed by atoms with E-state index in [-0.39, 0.29) is 42.3 Å². The van der Waals surface area contributed by atoms with Crippen LogP contribution in [0.5, 0.6) is 0 Å². The molecule has 2 aliphatic rings. The Morgan fingerprint density at radius 1 is 1.19 bits per heavy atom. The maximum atomic E-state index is 12.7. The van der Waals surface area contributed by atoms with Gasteiger partial charge in [0.05, 0.1) is 29.0 Å². The summed E-state index contributed by atoms with van der Waals surface area (Å²) in [6.07, 6.45) is -2.73. The number of hydrogen-bond acceptors (Lipinski definition) is 4. The second-order valence-corrected chi connectivity index (χ2v) is 7.90. The van der Waals surface area contributed by atoms with Gasteiger partial charge in [0.15, 0.2) is 0 Å². The van der Waals surface area contributed by atoms with Gasteiger partial charge in [0, 0.05) is 24.8 Å². The molecule has 2 unspecified atom stereocenters. The van der Waals surface area contributed by atoms with E-state index in [0.29, 0.717) is 6.42 Å². The molecule has 5 rings (SSSR count). The van der Waals surface area contributed by atoms with Crippen molar-refractivity contribution in [1.29, 1.82) is 0 Å². The van der Waals surface area contributed by atoms with Crippen molar-refractivity contribution in [1.82, 2.24) is 20.3 Å². The van der Waals surface area contributed by atoms with Crippen LogP contribution in [0.1, 0.15) is 30.3 Å². The molecule has 3 atom stereocenters. The summed E-state index contributed by atoms with van der Waals surface area (Å²) in [5.41, 5.74) is 1.04. The summed E-state index contributed by atoms with van der Waals surface area (Å²) >= 11 is 0. The average Bonchev–Trinajstić information content (AvgIpc) is 3.29. The number of H-pyrrole nitrogens is 1. The number of rotatable bonds is 4. The van der Waals surface area contributed by atoms with Gasteiger partial charge in [-0.15, -0.1) is 0 Å². The minimum atomic E-state index is -4.54. The molecule has 3 aromatic rings. The Kier molecular flexibility index (Phi) is 4.45. The van der Waals surface area contributed by atoms with Gasteiger partial charge in [-0.25, -0.2) is 9.97 Å². The van der Waals surface area contributed by atoms with Gasteiger partial charge < -0.3 is 15.2 Å². The first-order chi connectivity index (χ1) is 14.8. The first-order valence-electron chi connectivity index (χ1n) is 9.88. The highest BCUT2D eigenvalue weighted by Gasteiger charge is 2.47. The summed E-state index contributed by atoms with van der Waals surface area (Å²) in [5, 5.41) is 2.90. The van der Waals surface area contributed by atoms with Gasteiger partial charge in [0.2, 0.25) is 11.8 Å². The molecule has 1 aliphatic heterocycles. The second-order valence-electron chi connectivity index (χ2n) is 7.90. The quantitative estimate of drug-likeness (QED) is 0.667. The Morgan fingerprint density at radius 3 is 2.71 bits per heavy atom. The summed E-state index contributed by atoms with van der Waals surface area (Å²) in [7, 11) is 0. The maximum absolute atomic E-state index is 12.7. The number of aromatic amines is 1. The third kappa shape index (κ3) is 3.73. The monoisotopic (exact) mass is 429 g/mol. The van der Waals surface area contributed by atoms with Crippen molar-refractivity contribution in [2.75, 3.05) is 11.4 Å². The fraction of sp³-hybridized carbons (Fsp3) is 0.333. The number of halogens is 3. The molecule has 3 heterocycles. The maximum Gasteiger partial charge on any atom is 0.433 e. The van der Waals surface area contributed by atoms with E-state index in [9.17, 15) is 22.8 Å². The van der Waals surface area contributed by atoms with E-state index in [2.05, 4.69) is 20.3 Å². The number of fused-ring (bicyclic) bond motifs is 1. The van der Waals surface area contributed by atoms with Crippen molar-refractivity contribution in [3.63, 3.8) is 0 Å². The minimum Gasteiger partial charge on any atom is -0.351 e. The number of nitrogens with zero attached hydrogens (tertiary/aromatic N) is 3. The number of imidazole rings is 1. The minimum absolute atomic E-state index is 0.0136. The molecular weight excluding hydrogens is 411 g/mol. The summed E-state index contributed by atoms with van der Waals surface area (Å²) in [6, 6.07) is 9.31. The molecular formula is C21H18F3N5O2. The summed E-state index contributed by atoms with van der Waals surface area (Å²) in [4.78, 5) is 37.5. The number of carbonyl (C=O) groups is 2. The molecule has 2 N–H and O–H groups in total. The topological polar surface area (TPSA) is 91.0 Å². The lowest BCUT2D eigenvalue weighted by atomic mass is 10.2. The fourth-order valence-electron chi connectivity index (χ4n) is 4.01. The lowest BCUT2D eigenvalue weighted by Crippen LogP contribution is -2.38. The Morgan fingerprint density at radius 2 is 2.00 bits per heavy atom. The Bertz CT molecular complexity index is 1120. The van der Waals surface area contributed by atoms with Crippen molar-refractivity contribution >= 4 is 28.5 Å². The van der Waals surface area contributed by atoms with Crippen LogP contribution in [-0.4, -0.2) is 39.4 Å². The number of aromatic nitrogens is 3. The number of nitrogens with one attached hydrogen (secondary N) is 2. The lowest BCUT2D eigenvalue weighted by molar-refractivity contribution is -0.141. The summed E-state index contributed by atoms with van der Waals surface area (Å²) in [5.74, 6) is 0.172. The molecule has 31 heavy (non-hydrogen) atoms. The van der Waals surface area contributed by atoms with Gasteiger partial charge in [-0.2, -0.15) is 13.2 Å². The van der Waals surface area contributed by atoms with Gasteiger partial charge in [-0.3, -0.25) is 9.59 Å². The molecule has 0 radical (unpaired) electrons. The van der Waals surface area contributed by atoms with Gasteiger partial charge in [-0.05, 0) is 30.7 Å². The van der Waals surface area contributed by atoms with E-state index < -0.39 is 17.9 Å². The van der Waals surface area contributed by atoms with Crippen LogP contribution in [0.2, 0.25) is 0 Å². The molecule has 1 aliphatic carbocycles. The molecule has 2 amide bonds. The zero-order valence-electron chi connectivity index (χ0n) is 16.2. The summed E-state index contributed by atoms with van der Waals surface area (Å²) < 4.78 is 38.0. The number of anilines is 1. The van der Waals surface area contributed by atoms with Crippen molar-refractivity contribution in [3.05, 3.63) is 54.1 Å². The lowest BCUT2D eigenvalue weighted by Gasteiger charge is -2.17. The van der Waals surface area contributed by atoms with Crippen LogP contribution in [0.4, 0.5) is 18.9 Å².